The van der Waals surface area contributed by atoms with Crippen LogP contribution in [0.3, 0.4) is 0 Å². The van der Waals surface area contributed by atoms with Gasteiger partial charge in [0.05, 0.1) is 17.6 Å². The van der Waals surface area contributed by atoms with Crippen LogP contribution < -0.4 is 10.6 Å². The summed E-state index contributed by atoms with van der Waals surface area (Å²) in [5.74, 6) is -1.79. The van der Waals surface area contributed by atoms with Gasteiger partial charge in [0.2, 0.25) is 5.91 Å². The lowest BCUT2D eigenvalue weighted by molar-refractivity contribution is -0.116. The van der Waals surface area contributed by atoms with E-state index >= 15 is 0 Å². The second kappa shape index (κ2) is 12.1. The van der Waals surface area contributed by atoms with Crippen molar-refractivity contribution in [3.05, 3.63) is 102 Å². The first-order chi connectivity index (χ1) is 18.1. The number of nitrogens with one attached hydrogen (secondary N) is 2. The molecule has 0 bridgehead atoms. The fourth-order valence-electron chi connectivity index (χ4n) is 4.57. The van der Waals surface area contributed by atoms with Gasteiger partial charge in [-0.15, -0.1) is 0 Å². The van der Waals surface area contributed by atoms with Gasteiger partial charge in [-0.05, 0) is 67.3 Å². The van der Waals surface area contributed by atoms with Crippen molar-refractivity contribution >= 4 is 21.4 Å². The van der Waals surface area contributed by atoms with Crippen LogP contribution in [0.15, 0.2) is 71.6 Å². The Morgan fingerprint density at radius 1 is 1.11 bits per heavy atom. The molecule has 1 aliphatic heterocycles. The summed E-state index contributed by atoms with van der Waals surface area (Å²) in [7, 11) is -3.40. The second-order valence-corrected chi connectivity index (χ2v) is 11.6. The zero-order valence-electron chi connectivity index (χ0n) is 21.1. The van der Waals surface area contributed by atoms with Crippen LogP contribution in [-0.2, 0) is 25.8 Å². The number of hydrogen-bond donors (Lipinski definition) is 2. The van der Waals surface area contributed by atoms with Crippen molar-refractivity contribution in [2.45, 2.75) is 42.2 Å². The van der Waals surface area contributed by atoms with E-state index in [4.69, 9.17) is 4.74 Å². The molecule has 3 aromatic rings. The third kappa shape index (κ3) is 7.24. The molecule has 0 aromatic heterocycles. The predicted octanol–water partition coefficient (Wildman–Crippen LogP) is 4.65. The zero-order chi connectivity index (χ0) is 27.3. The van der Waals surface area contributed by atoms with E-state index in [0.29, 0.717) is 48.4 Å². The molecule has 3 aromatic carbocycles. The summed E-state index contributed by atoms with van der Waals surface area (Å²) >= 11 is 0. The molecule has 1 aliphatic rings. The number of amides is 1. The van der Waals surface area contributed by atoms with Crippen LogP contribution in [0.2, 0.25) is 0 Å². The normalized spacial score (nSPS) is 18.6. The number of sulfone groups is 1. The van der Waals surface area contributed by atoms with Gasteiger partial charge < -0.3 is 15.4 Å². The maximum absolute atomic E-state index is 14.8. The Hall–Kier alpha value is -3.14. The van der Waals surface area contributed by atoms with Crippen molar-refractivity contribution in [3.63, 3.8) is 0 Å². The summed E-state index contributed by atoms with van der Waals surface area (Å²) in [4.78, 5) is 13.4. The first kappa shape index (κ1) is 27.9. The quantitative estimate of drug-likeness (QED) is 0.412. The van der Waals surface area contributed by atoms with Gasteiger partial charge in [-0.1, -0.05) is 30.3 Å². The Bertz CT molecular complexity index is 1370. The van der Waals surface area contributed by atoms with Crippen molar-refractivity contribution in [1.29, 1.82) is 0 Å². The minimum Gasteiger partial charge on any atom is -0.375 e. The van der Waals surface area contributed by atoms with Crippen LogP contribution in [0.5, 0.6) is 0 Å². The second-order valence-electron chi connectivity index (χ2n) is 9.57. The number of morpholine rings is 1. The number of ether oxygens (including phenoxy) is 1. The average Bonchev–Trinajstić information content (AvgIpc) is 2.87. The number of rotatable bonds is 9. The van der Waals surface area contributed by atoms with Gasteiger partial charge in [-0.2, -0.15) is 0 Å². The Morgan fingerprint density at radius 3 is 2.50 bits per heavy atom. The molecule has 1 radical (unpaired) electrons. The number of hydrogen-bond acceptors (Lipinski definition) is 5. The molecular weight excluding hydrogens is 510 g/mol. The fraction of sp³-hybridized carbons (Fsp3) is 0.310. The highest BCUT2D eigenvalue weighted by Crippen LogP contribution is 2.31. The molecule has 1 fully saturated rings. The minimum absolute atomic E-state index is 0.0307. The summed E-state index contributed by atoms with van der Waals surface area (Å²) < 4.78 is 58.4. The van der Waals surface area contributed by atoms with Crippen molar-refractivity contribution in [3.8, 4) is 0 Å². The first-order valence-electron chi connectivity index (χ1n) is 12.4. The van der Waals surface area contributed by atoms with Crippen molar-refractivity contribution in [2.75, 3.05) is 24.7 Å². The van der Waals surface area contributed by atoms with Crippen molar-refractivity contribution < 1.29 is 26.7 Å². The Kier molecular flexibility index (Phi) is 8.91. The van der Waals surface area contributed by atoms with Crippen LogP contribution >= 0.6 is 0 Å². The minimum atomic E-state index is -3.40. The van der Waals surface area contributed by atoms with Gasteiger partial charge in [0.15, 0.2) is 9.84 Å². The van der Waals surface area contributed by atoms with Crippen LogP contribution in [0.25, 0.3) is 0 Å². The lowest BCUT2D eigenvalue weighted by Crippen LogP contribution is -2.45. The van der Waals surface area contributed by atoms with Crippen LogP contribution in [0.1, 0.15) is 35.4 Å². The molecule has 6 nitrogen and oxygen atoms in total. The molecule has 9 heteroatoms. The molecule has 3 atom stereocenters. The Morgan fingerprint density at radius 2 is 1.84 bits per heavy atom. The number of anilines is 1. The third-order valence-electron chi connectivity index (χ3n) is 6.63. The highest BCUT2D eigenvalue weighted by molar-refractivity contribution is 7.90. The Labute approximate surface area is 222 Å². The van der Waals surface area contributed by atoms with E-state index < -0.39 is 27.4 Å². The highest BCUT2D eigenvalue weighted by Gasteiger charge is 2.22. The van der Waals surface area contributed by atoms with Gasteiger partial charge in [0.25, 0.3) is 0 Å². The van der Waals surface area contributed by atoms with Crippen LogP contribution in [-0.4, -0.2) is 45.9 Å². The van der Waals surface area contributed by atoms with E-state index in [-0.39, 0.29) is 29.4 Å². The first-order valence-corrected chi connectivity index (χ1v) is 14.3. The van der Waals surface area contributed by atoms with E-state index in [1.54, 1.807) is 30.3 Å². The molecule has 201 valence electrons. The van der Waals surface area contributed by atoms with Gasteiger partial charge in [0.1, 0.15) is 11.6 Å². The summed E-state index contributed by atoms with van der Waals surface area (Å²) in [5.41, 5.74) is 1.99. The van der Waals surface area contributed by atoms with E-state index in [9.17, 15) is 22.0 Å². The number of benzene rings is 3. The molecular formula is C29H31F2N2O4S. The summed E-state index contributed by atoms with van der Waals surface area (Å²) in [6, 6.07) is 16.7. The van der Waals surface area contributed by atoms with Gasteiger partial charge in [0, 0.05) is 42.4 Å². The maximum atomic E-state index is 14.8. The molecule has 1 saturated heterocycles. The van der Waals surface area contributed by atoms with E-state index in [0.717, 1.165) is 6.26 Å². The van der Waals surface area contributed by atoms with Gasteiger partial charge >= 0.3 is 0 Å². The third-order valence-corrected chi connectivity index (χ3v) is 7.76. The number of carbonyl (C=O) groups excluding carboxylic acids is 1. The highest BCUT2D eigenvalue weighted by atomic mass is 32.2. The molecule has 1 amide bonds. The zero-order valence-corrected chi connectivity index (χ0v) is 21.9. The van der Waals surface area contributed by atoms with E-state index in [1.807, 2.05) is 0 Å². The van der Waals surface area contributed by atoms with Gasteiger partial charge in [-0.25, -0.2) is 17.2 Å². The predicted molar refractivity (Wildman–Crippen MR) is 143 cm³/mol. The molecule has 0 spiro atoms. The molecule has 0 unspecified atom stereocenters. The molecule has 38 heavy (non-hydrogen) atoms. The lowest BCUT2D eigenvalue weighted by Gasteiger charge is -2.28. The summed E-state index contributed by atoms with van der Waals surface area (Å²) in [6.45, 7) is 5.01. The number of halogens is 2. The summed E-state index contributed by atoms with van der Waals surface area (Å²) in [5, 5.41) is 6.07. The molecule has 4 rings (SSSR count). The van der Waals surface area contributed by atoms with E-state index in [1.165, 1.54) is 36.4 Å². The van der Waals surface area contributed by atoms with Gasteiger partial charge in [-0.3, -0.25) is 4.79 Å². The monoisotopic (exact) mass is 541 g/mol. The smallest absolute Gasteiger partial charge is 0.225 e. The average molecular weight is 542 g/mol. The largest absolute Gasteiger partial charge is 0.375 e. The topological polar surface area (TPSA) is 84.5 Å². The van der Waals surface area contributed by atoms with Crippen LogP contribution in [0.4, 0.5) is 14.5 Å². The van der Waals surface area contributed by atoms with Crippen molar-refractivity contribution in [1.82, 2.24) is 5.32 Å². The lowest BCUT2D eigenvalue weighted by atomic mass is 9.88. The summed E-state index contributed by atoms with van der Waals surface area (Å²) in [6.07, 6.45) is 1.92. The standard InChI is InChI=1S/C29H31F2N2O4S/c1-19-18-37-23(17-32-19)11-14-25-27(31)7-4-8-28(25)33-29(34)16-26(21-5-3-6-22(30)15-21)20-9-12-24(13-10-20)38(2,35)36/h3-10,12-13,15,19,23,26,32H,1,11,14,16-18H2,2H3,(H,33,34)/t19-,23+,26+/m0/s1. The Balaban J connectivity index is 1.53. The molecule has 1 heterocycles. The van der Waals surface area contributed by atoms with E-state index in [2.05, 4.69) is 17.6 Å². The van der Waals surface area contributed by atoms with Crippen molar-refractivity contribution in [2.24, 2.45) is 0 Å². The van der Waals surface area contributed by atoms with Crippen LogP contribution in [0, 0.1) is 18.6 Å². The molecule has 0 saturated carbocycles. The SMILES string of the molecule is [CH2][C@H]1CO[C@H](CCc2c(F)cccc2NC(=O)C[C@H](c2ccc(S(C)(=O)=O)cc2)c2cccc(F)c2)CN1. The molecule has 0 aliphatic carbocycles. The fourth-order valence-corrected chi connectivity index (χ4v) is 5.20. The number of carbonyl (C=O) groups is 1. The molecule has 2 N–H and O–H groups in total. The maximum Gasteiger partial charge on any atom is 0.225 e.